The third-order valence-electron chi connectivity index (χ3n) is 3.66. The zero-order chi connectivity index (χ0) is 14.8. The lowest BCUT2D eigenvalue weighted by molar-refractivity contribution is -0.127. The normalized spacial score (nSPS) is 15.0. The van der Waals surface area contributed by atoms with Gasteiger partial charge in [0.25, 0.3) is 0 Å². The Kier molecular flexibility index (Phi) is 4.45. The molecule has 0 saturated carbocycles. The Balaban J connectivity index is 1.79. The van der Waals surface area contributed by atoms with E-state index < -0.39 is 0 Å². The summed E-state index contributed by atoms with van der Waals surface area (Å²) in [5.41, 5.74) is 0. The lowest BCUT2D eigenvalue weighted by atomic mass is 10.3. The van der Waals surface area contributed by atoms with Gasteiger partial charge in [0.2, 0.25) is 5.91 Å². The number of aromatic nitrogens is 2. The minimum atomic E-state index is 0.229. The zero-order valence-corrected chi connectivity index (χ0v) is 14.0. The molecule has 0 bridgehead atoms. The van der Waals surface area contributed by atoms with Crippen molar-refractivity contribution >= 4 is 39.2 Å². The first-order chi connectivity index (χ1) is 10.2. The number of rotatable bonds is 4. The molecule has 4 nitrogen and oxygen atoms in total. The number of hydrogen-bond donors (Lipinski definition) is 0. The minimum Gasteiger partial charge on any atom is -0.342 e. The third-order valence-corrected chi connectivity index (χ3v) is 5.81. The van der Waals surface area contributed by atoms with Crippen molar-refractivity contribution in [3.05, 3.63) is 16.8 Å². The maximum Gasteiger partial charge on any atom is 0.232 e. The number of fused-ring (bicyclic) bond motifs is 1. The molecule has 0 radical (unpaired) electrons. The number of hydrogen-bond acceptors (Lipinski definition) is 5. The van der Waals surface area contributed by atoms with E-state index in [0.29, 0.717) is 5.75 Å². The summed E-state index contributed by atoms with van der Waals surface area (Å²) in [4.78, 5) is 25.5. The van der Waals surface area contributed by atoms with Crippen molar-refractivity contribution in [3.63, 3.8) is 0 Å². The van der Waals surface area contributed by atoms with Gasteiger partial charge in [0, 0.05) is 23.4 Å². The molecule has 1 aliphatic heterocycles. The van der Waals surface area contributed by atoms with Crippen molar-refractivity contribution in [2.75, 3.05) is 18.8 Å². The number of carbonyl (C=O) groups excluding carboxylic acids is 1. The first-order valence-electron chi connectivity index (χ1n) is 7.35. The van der Waals surface area contributed by atoms with Gasteiger partial charge in [-0.1, -0.05) is 18.7 Å². The molecule has 0 aromatic carbocycles. The molecule has 0 N–H and O–H groups in total. The molecule has 1 fully saturated rings. The van der Waals surface area contributed by atoms with Crippen LogP contribution < -0.4 is 0 Å². The number of carbonyl (C=O) groups is 1. The van der Waals surface area contributed by atoms with E-state index in [1.54, 1.807) is 23.1 Å². The molecule has 0 unspecified atom stereocenters. The Hall–Kier alpha value is -1.14. The lowest BCUT2D eigenvalue weighted by Gasteiger charge is -2.14. The molecular formula is C15H19N3OS2. The van der Waals surface area contributed by atoms with Gasteiger partial charge in [0.05, 0.1) is 5.75 Å². The number of nitrogens with zero attached hydrogens (tertiary/aromatic N) is 3. The molecule has 2 aromatic heterocycles. The topological polar surface area (TPSA) is 46.1 Å². The van der Waals surface area contributed by atoms with E-state index in [2.05, 4.69) is 23.0 Å². The molecule has 3 rings (SSSR count). The van der Waals surface area contributed by atoms with Gasteiger partial charge in [0.1, 0.15) is 15.7 Å². The fourth-order valence-corrected chi connectivity index (χ4v) is 4.55. The maximum atomic E-state index is 12.2. The van der Waals surface area contributed by atoms with Crippen LogP contribution in [0.1, 0.15) is 30.5 Å². The largest absolute Gasteiger partial charge is 0.342 e. The highest BCUT2D eigenvalue weighted by atomic mass is 32.2. The minimum absolute atomic E-state index is 0.229. The van der Waals surface area contributed by atoms with Crippen LogP contribution in [0, 0.1) is 6.92 Å². The predicted octanol–water partition coefficient (Wildman–Crippen LogP) is 3.28. The van der Waals surface area contributed by atoms with Gasteiger partial charge >= 0.3 is 0 Å². The van der Waals surface area contributed by atoms with Crippen LogP contribution in [0.25, 0.3) is 10.2 Å². The average Bonchev–Trinajstić information content (AvgIpc) is 3.12. The summed E-state index contributed by atoms with van der Waals surface area (Å²) in [6.07, 6.45) is 3.28. The fourth-order valence-electron chi connectivity index (χ4n) is 2.52. The van der Waals surface area contributed by atoms with Gasteiger partial charge in [-0.05, 0) is 32.3 Å². The van der Waals surface area contributed by atoms with Gasteiger partial charge in [-0.3, -0.25) is 4.79 Å². The van der Waals surface area contributed by atoms with E-state index in [0.717, 1.165) is 53.4 Å². The summed E-state index contributed by atoms with van der Waals surface area (Å²) >= 11 is 3.27. The van der Waals surface area contributed by atoms with E-state index in [4.69, 9.17) is 0 Å². The molecule has 0 spiro atoms. The van der Waals surface area contributed by atoms with Crippen LogP contribution in [-0.4, -0.2) is 39.6 Å². The predicted molar refractivity (Wildman–Crippen MR) is 88.1 cm³/mol. The van der Waals surface area contributed by atoms with E-state index in [1.807, 2.05) is 11.8 Å². The van der Waals surface area contributed by atoms with Crippen LogP contribution in [0.4, 0.5) is 0 Å². The highest BCUT2D eigenvalue weighted by molar-refractivity contribution is 8.00. The summed E-state index contributed by atoms with van der Waals surface area (Å²) in [6.45, 7) is 5.89. The van der Waals surface area contributed by atoms with Crippen molar-refractivity contribution in [3.8, 4) is 0 Å². The van der Waals surface area contributed by atoms with Crippen LogP contribution in [-0.2, 0) is 11.2 Å². The molecule has 0 aliphatic carbocycles. The van der Waals surface area contributed by atoms with E-state index in [-0.39, 0.29) is 5.91 Å². The smallest absolute Gasteiger partial charge is 0.232 e. The molecule has 21 heavy (non-hydrogen) atoms. The molecule has 2 aromatic rings. The first kappa shape index (κ1) is 14.8. The van der Waals surface area contributed by atoms with Crippen LogP contribution in [0.2, 0.25) is 0 Å². The molecule has 0 atom stereocenters. The number of thioether (sulfide) groups is 1. The van der Waals surface area contributed by atoms with Crippen molar-refractivity contribution in [1.29, 1.82) is 0 Å². The summed E-state index contributed by atoms with van der Waals surface area (Å²) in [5.74, 6) is 1.49. The van der Waals surface area contributed by atoms with Crippen molar-refractivity contribution < 1.29 is 4.79 Å². The van der Waals surface area contributed by atoms with Gasteiger partial charge in [-0.2, -0.15) is 0 Å². The lowest BCUT2D eigenvalue weighted by Crippen LogP contribution is -2.29. The second kappa shape index (κ2) is 6.32. The molecule has 3 heterocycles. The van der Waals surface area contributed by atoms with Gasteiger partial charge in [-0.15, -0.1) is 11.3 Å². The first-order valence-corrected chi connectivity index (χ1v) is 9.15. The van der Waals surface area contributed by atoms with Crippen LogP contribution in [0.3, 0.4) is 0 Å². The number of amides is 1. The summed E-state index contributed by atoms with van der Waals surface area (Å²) in [7, 11) is 0. The molecular weight excluding hydrogens is 302 g/mol. The summed E-state index contributed by atoms with van der Waals surface area (Å²) in [6, 6.07) is 2.17. The number of aryl methyl sites for hydroxylation is 2. The molecule has 1 amide bonds. The SMILES string of the molecule is CCc1cc2c(SCC(=O)N3CCCC3)nc(C)nc2s1. The molecule has 6 heteroatoms. The molecule has 112 valence electrons. The van der Waals surface area contributed by atoms with E-state index in [9.17, 15) is 4.79 Å². The second-order valence-electron chi connectivity index (χ2n) is 5.24. The Bertz CT molecular complexity index is 662. The highest BCUT2D eigenvalue weighted by Crippen LogP contribution is 2.32. The maximum absolute atomic E-state index is 12.2. The average molecular weight is 321 g/mol. The molecule has 1 saturated heterocycles. The van der Waals surface area contributed by atoms with E-state index in [1.165, 1.54) is 4.88 Å². The third kappa shape index (κ3) is 3.21. The van der Waals surface area contributed by atoms with Crippen molar-refractivity contribution in [2.45, 2.75) is 38.1 Å². The Morgan fingerprint density at radius 3 is 2.86 bits per heavy atom. The van der Waals surface area contributed by atoms with Gasteiger partial charge < -0.3 is 4.90 Å². The zero-order valence-electron chi connectivity index (χ0n) is 12.4. The Morgan fingerprint density at radius 1 is 1.38 bits per heavy atom. The van der Waals surface area contributed by atoms with Crippen LogP contribution in [0.15, 0.2) is 11.1 Å². The highest BCUT2D eigenvalue weighted by Gasteiger charge is 2.19. The Morgan fingerprint density at radius 2 is 2.14 bits per heavy atom. The summed E-state index contributed by atoms with van der Waals surface area (Å²) < 4.78 is 0. The van der Waals surface area contributed by atoms with Crippen molar-refractivity contribution in [1.82, 2.24) is 14.9 Å². The summed E-state index contributed by atoms with van der Waals surface area (Å²) in [5, 5.41) is 2.04. The number of thiophene rings is 1. The van der Waals surface area contributed by atoms with Crippen molar-refractivity contribution in [2.24, 2.45) is 0 Å². The monoisotopic (exact) mass is 321 g/mol. The van der Waals surface area contributed by atoms with Crippen LogP contribution >= 0.6 is 23.1 Å². The van der Waals surface area contributed by atoms with E-state index >= 15 is 0 Å². The van der Waals surface area contributed by atoms with Crippen LogP contribution in [0.5, 0.6) is 0 Å². The standard InChI is InChI=1S/C15H19N3OS2/c1-3-11-8-12-14(16-10(2)17-15(12)21-11)20-9-13(19)18-6-4-5-7-18/h8H,3-7,9H2,1-2H3. The Labute approximate surface area is 133 Å². The van der Waals surface area contributed by atoms with Gasteiger partial charge in [-0.25, -0.2) is 9.97 Å². The van der Waals surface area contributed by atoms with Gasteiger partial charge in [0.15, 0.2) is 0 Å². The molecule has 1 aliphatic rings. The fraction of sp³-hybridized carbons (Fsp3) is 0.533. The number of likely N-dealkylation sites (tertiary alicyclic amines) is 1. The second-order valence-corrected chi connectivity index (χ2v) is 7.32. The quantitative estimate of drug-likeness (QED) is 0.640.